The summed E-state index contributed by atoms with van der Waals surface area (Å²) in [5.41, 5.74) is 1.11. The number of hydrogen-bond donors (Lipinski definition) is 1. The first-order chi connectivity index (χ1) is 12.2. The van der Waals surface area contributed by atoms with E-state index < -0.39 is 0 Å². The number of anilines is 1. The van der Waals surface area contributed by atoms with Gasteiger partial charge in [-0.2, -0.15) is 0 Å². The molecule has 1 aliphatic heterocycles. The zero-order valence-corrected chi connectivity index (χ0v) is 16.5. The maximum absolute atomic E-state index is 12.6. The number of amides is 1. The third kappa shape index (κ3) is 5.17. The van der Waals surface area contributed by atoms with Crippen LogP contribution in [0, 0.1) is 5.92 Å². The molecule has 1 N–H and O–H groups in total. The largest absolute Gasteiger partial charge is 0.300 e. The molecule has 134 valence electrons. The van der Waals surface area contributed by atoms with Crippen molar-refractivity contribution >= 4 is 45.7 Å². The summed E-state index contributed by atoms with van der Waals surface area (Å²) in [5, 5.41) is 12.4. The summed E-state index contributed by atoms with van der Waals surface area (Å²) in [6.45, 7) is 4.58. The number of nitrogens with zero attached hydrogens (tertiary/aromatic N) is 3. The van der Waals surface area contributed by atoms with Crippen molar-refractivity contribution in [3.8, 4) is 0 Å². The van der Waals surface area contributed by atoms with E-state index in [0.29, 0.717) is 5.13 Å². The van der Waals surface area contributed by atoms with E-state index in [1.54, 1.807) is 11.8 Å². The molecule has 3 rings (SSSR count). The molecule has 0 bridgehead atoms. The van der Waals surface area contributed by atoms with Crippen LogP contribution in [-0.4, -0.2) is 39.8 Å². The van der Waals surface area contributed by atoms with Crippen LogP contribution < -0.4 is 5.32 Å². The Bertz CT molecular complexity index is 724. The number of halogens is 1. The van der Waals surface area contributed by atoms with Gasteiger partial charge in [-0.05, 0) is 36.8 Å². The lowest BCUT2D eigenvalue weighted by molar-refractivity contribution is -0.121. The van der Waals surface area contributed by atoms with Gasteiger partial charge in [0, 0.05) is 18.1 Å². The maximum atomic E-state index is 12.6. The molecule has 0 unspecified atom stereocenters. The van der Waals surface area contributed by atoms with Gasteiger partial charge < -0.3 is 5.32 Å². The Hall–Kier alpha value is -1.15. The fourth-order valence-electron chi connectivity index (χ4n) is 2.93. The number of hydrogen-bond acceptors (Lipinski definition) is 6. The van der Waals surface area contributed by atoms with Crippen LogP contribution in [0.1, 0.15) is 25.3 Å². The lowest BCUT2D eigenvalue weighted by Crippen LogP contribution is -2.40. The highest BCUT2D eigenvalue weighted by molar-refractivity contribution is 8.01. The number of rotatable bonds is 6. The highest BCUT2D eigenvalue weighted by atomic mass is 35.5. The Labute approximate surface area is 161 Å². The zero-order chi connectivity index (χ0) is 17.6. The van der Waals surface area contributed by atoms with Crippen LogP contribution in [0.25, 0.3) is 0 Å². The molecular weight excluding hydrogens is 376 g/mol. The van der Waals surface area contributed by atoms with E-state index in [1.165, 1.54) is 11.3 Å². The number of aromatic nitrogens is 2. The first kappa shape index (κ1) is 18.6. The normalized spacial score (nSPS) is 18.2. The Morgan fingerprint density at radius 1 is 1.44 bits per heavy atom. The first-order valence-electron chi connectivity index (χ1n) is 8.38. The number of thioether (sulfide) groups is 1. The Morgan fingerprint density at radius 2 is 2.28 bits per heavy atom. The number of nitrogens with one attached hydrogen (secondary N) is 1. The standard InChI is InChI=1S/C17H21ClN4OS2/c1-2-24-17-21-20-16(25-17)19-15(23)13-7-5-9-22(11-13)10-12-6-3-4-8-14(12)18/h3-4,6,8,13H,2,5,7,9-11H2,1H3,(H,19,20,23)/t13-/m0/s1. The summed E-state index contributed by atoms with van der Waals surface area (Å²) in [4.78, 5) is 14.9. The first-order valence-corrected chi connectivity index (χ1v) is 10.6. The van der Waals surface area contributed by atoms with Crippen molar-refractivity contribution in [1.29, 1.82) is 0 Å². The van der Waals surface area contributed by atoms with Gasteiger partial charge in [-0.15, -0.1) is 10.2 Å². The van der Waals surface area contributed by atoms with Gasteiger partial charge in [0.1, 0.15) is 0 Å². The van der Waals surface area contributed by atoms with Gasteiger partial charge in [0.15, 0.2) is 4.34 Å². The van der Waals surface area contributed by atoms with E-state index in [1.807, 2.05) is 24.3 Å². The molecule has 2 aromatic rings. The Balaban J connectivity index is 1.56. The number of piperidine rings is 1. The topological polar surface area (TPSA) is 58.1 Å². The lowest BCUT2D eigenvalue weighted by atomic mass is 9.97. The van der Waals surface area contributed by atoms with Crippen molar-refractivity contribution in [2.24, 2.45) is 5.92 Å². The molecule has 1 fully saturated rings. The fourth-order valence-corrected chi connectivity index (χ4v) is 4.78. The summed E-state index contributed by atoms with van der Waals surface area (Å²) in [5.74, 6) is 0.956. The maximum Gasteiger partial charge on any atom is 0.230 e. The fraction of sp³-hybridized carbons (Fsp3) is 0.471. The van der Waals surface area contributed by atoms with Crippen LogP contribution in [0.3, 0.4) is 0 Å². The predicted octanol–water partition coefficient (Wildman–Crippen LogP) is 4.15. The smallest absolute Gasteiger partial charge is 0.230 e. The van der Waals surface area contributed by atoms with Gasteiger partial charge in [0.05, 0.1) is 5.92 Å². The molecular formula is C17H21ClN4OS2. The van der Waals surface area contributed by atoms with Gasteiger partial charge in [-0.3, -0.25) is 9.69 Å². The number of carbonyl (C=O) groups is 1. The average molecular weight is 397 g/mol. The van der Waals surface area contributed by atoms with E-state index in [9.17, 15) is 4.79 Å². The molecule has 0 saturated carbocycles. The monoisotopic (exact) mass is 396 g/mol. The molecule has 1 aromatic heterocycles. The molecule has 0 radical (unpaired) electrons. The van der Waals surface area contributed by atoms with Crippen molar-refractivity contribution in [3.05, 3.63) is 34.9 Å². The lowest BCUT2D eigenvalue weighted by Gasteiger charge is -2.32. The molecule has 1 atom stereocenters. The van der Waals surface area contributed by atoms with Crippen molar-refractivity contribution in [2.75, 3.05) is 24.2 Å². The minimum atomic E-state index is -0.0255. The summed E-state index contributed by atoms with van der Waals surface area (Å²) >= 11 is 9.32. The minimum absolute atomic E-state index is 0.0255. The second-order valence-electron chi connectivity index (χ2n) is 5.96. The summed E-state index contributed by atoms with van der Waals surface area (Å²) in [7, 11) is 0. The SMILES string of the molecule is CCSc1nnc(NC(=O)[C@H]2CCCN(Cc3ccccc3Cl)C2)s1. The summed E-state index contributed by atoms with van der Waals surface area (Å²) in [6, 6.07) is 7.88. The Morgan fingerprint density at radius 3 is 3.08 bits per heavy atom. The highest BCUT2D eigenvalue weighted by Crippen LogP contribution is 2.27. The molecule has 25 heavy (non-hydrogen) atoms. The van der Waals surface area contributed by atoms with E-state index >= 15 is 0 Å². The molecule has 2 heterocycles. The molecule has 5 nitrogen and oxygen atoms in total. The molecule has 8 heteroatoms. The number of benzene rings is 1. The third-order valence-corrected chi connectivity index (χ3v) is 6.36. The molecule has 1 aliphatic rings. The summed E-state index contributed by atoms with van der Waals surface area (Å²) < 4.78 is 0.891. The van der Waals surface area contributed by atoms with Crippen LogP contribution in [0.15, 0.2) is 28.6 Å². The summed E-state index contributed by atoms with van der Waals surface area (Å²) in [6.07, 6.45) is 1.91. The van der Waals surface area contributed by atoms with Crippen LogP contribution in [0.2, 0.25) is 5.02 Å². The van der Waals surface area contributed by atoms with Crippen molar-refractivity contribution in [2.45, 2.75) is 30.6 Å². The molecule has 1 saturated heterocycles. The molecule has 1 aromatic carbocycles. The van der Waals surface area contributed by atoms with E-state index in [-0.39, 0.29) is 11.8 Å². The van der Waals surface area contributed by atoms with Crippen molar-refractivity contribution in [1.82, 2.24) is 15.1 Å². The molecule has 0 spiro atoms. The van der Waals surface area contributed by atoms with Gasteiger partial charge >= 0.3 is 0 Å². The average Bonchev–Trinajstić information content (AvgIpc) is 3.05. The predicted molar refractivity (Wildman–Crippen MR) is 104 cm³/mol. The zero-order valence-electron chi connectivity index (χ0n) is 14.1. The van der Waals surface area contributed by atoms with Gasteiger partial charge in [-0.25, -0.2) is 0 Å². The van der Waals surface area contributed by atoms with Crippen molar-refractivity contribution < 1.29 is 4.79 Å². The second kappa shape index (κ2) is 8.98. The quantitative estimate of drug-likeness (QED) is 0.587. The number of likely N-dealkylation sites (tertiary alicyclic amines) is 1. The second-order valence-corrected chi connectivity index (χ2v) is 8.86. The third-order valence-electron chi connectivity index (χ3n) is 4.13. The van der Waals surface area contributed by atoms with Crippen LogP contribution in [0.4, 0.5) is 5.13 Å². The molecule has 1 amide bonds. The number of carbonyl (C=O) groups excluding carboxylic acids is 1. The van der Waals surface area contributed by atoms with Gasteiger partial charge in [0.2, 0.25) is 11.0 Å². The van der Waals surface area contributed by atoms with E-state index in [0.717, 1.165) is 53.2 Å². The Kier molecular flexibility index (Phi) is 6.70. The van der Waals surface area contributed by atoms with Crippen LogP contribution in [-0.2, 0) is 11.3 Å². The minimum Gasteiger partial charge on any atom is -0.300 e. The highest BCUT2D eigenvalue weighted by Gasteiger charge is 2.26. The van der Waals surface area contributed by atoms with E-state index in [2.05, 4.69) is 27.3 Å². The van der Waals surface area contributed by atoms with Gasteiger partial charge in [-0.1, -0.05) is 59.8 Å². The van der Waals surface area contributed by atoms with E-state index in [4.69, 9.17) is 11.6 Å². The van der Waals surface area contributed by atoms with Crippen LogP contribution in [0.5, 0.6) is 0 Å². The van der Waals surface area contributed by atoms with Crippen LogP contribution >= 0.6 is 34.7 Å². The van der Waals surface area contributed by atoms with Gasteiger partial charge in [0.25, 0.3) is 0 Å². The van der Waals surface area contributed by atoms with Crippen molar-refractivity contribution in [3.63, 3.8) is 0 Å². The molecule has 0 aliphatic carbocycles.